The first-order valence-electron chi connectivity index (χ1n) is 13.4. The molecule has 0 spiro atoms. The van der Waals surface area contributed by atoms with E-state index in [1.165, 1.54) is 9.91 Å². The number of hydrazine groups is 1. The molecule has 0 bridgehead atoms. The molecule has 3 amide bonds. The average molecular weight is 543 g/mol. The van der Waals surface area contributed by atoms with Crippen LogP contribution in [-0.2, 0) is 27.4 Å². The van der Waals surface area contributed by atoms with Gasteiger partial charge in [-0.25, -0.2) is 14.8 Å². The molecule has 3 aromatic rings. The molecular weight excluding hydrogens is 508 g/mol. The summed E-state index contributed by atoms with van der Waals surface area (Å²) < 4.78 is 5.69. The van der Waals surface area contributed by atoms with Gasteiger partial charge in [-0.3, -0.25) is 9.59 Å². The lowest BCUT2D eigenvalue weighted by atomic mass is 9.96. The second kappa shape index (κ2) is 11.4. The minimum Gasteiger partial charge on any atom is -0.508 e. The number of rotatable bonds is 6. The van der Waals surface area contributed by atoms with E-state index < -0.39 is 18.3 Å². The molecule has 9 nitrogen and oxygen atoms in total. The van der Waals surface area contributed by atoms with Gasteiger partial charge in [-0.05, 0) is 42.7 Å². The number of benzene rings is 3. The molecule has 2 aliphatic heterocycles. The van der Waals surface area contributed by atoms with Crippen LogP contribution in [0.1, 0.15) is 35.2 Å². The van der Waals surface area contributed by atoms with E-state index in [-0.39, 0.29) is 49.7 Å². The SMILES string of the molecule is Cc1ccc([C@@H](C)N2C[C@H]3N(C(=O)CN(C)N3C(=O)OCc3ccccc3)[C@@H](Cc3ccc(O)cc3)C2=O)cc1. The lowest BCUT2D eigenvalue weighted by molar-refractivity contribution is -0.192. The van der Waals surface area contributed by atoms with Crippen molar-refractivity contribution in [2.75, 3.05) is 20.1 Å². The van der Waals surface area contributed by atoms with Crippen LogP contribution in [0.4, 0.5) is 4.79 Å². The van der Waals surface area contributed by atoms with Crippen LogP contribution in [0.15, 0.2) is 78.9 Å². The summed E-state index contributed by atoms with van der Waals surface area (Å²) in [5.41, 5.74) is 3.72. The van der Waals surface area contributed by atoms with E-state index in [0.717, 1.165) is 22.3 Å². The van der Waals surface area contributed by atoms with E-state index in [2.05, 4.69) is 0 Å². The van der Waals surface area contributed by atoms with Gasteiger partial charge in [0.25, 0.3) is 0 Å². The molecule has 9 heteroatoms. The fourth-order valence-corrected chi connectivity index (χ4v) is 5.45. The summed E-state index contributed by atoms with van der Waals surface area (Å²) in [5.74, 6) is -0.304. The van der Waals surface area contributed by atoms with Crippen LogP contribution in [0.2, 0.25) is 0 Å². The molecule has 0 saturated carbocycles. The number of likely N-dealkylation sites (N-methyl/N-ethyl adjacent to an activating group) is 1. The Morgan fingerprint density at radius 1 is 0.975 bits per heavy atom. The number of carbonyl (C=O) groups is 3. The highest BCUT2D eigenvalue weighted by molar-refractivity contribution is 5.91. The molecular formula is C31H34N4O5. The van der Waals surface area contributed by atoms with Crippen LogP contribution in [-0.4, -0.2) is 75.2 Å². The molecule has 1 N–H and O–H groups in total. The maximum absolute atomic E-state index is 14.1. The van der Waals surface area contributed by atoms with Gasteiger partial charge in [-0.2, -0.15) is 0 Å². The number of amides is 3. The van der Waals surface area contributed by atoms with Gasteiger partial charge in [0.1, 0.15) is 24.6 Å². The third-order valence-electron chi connectivity index (χ3n) is 7.67. The molecule has 0 aliphatic carbocycles. The summed E-state index contributed by atoms with van der Waals surface area (Å²) in [7, 11) is 1.68. The molecule has 2 aliphatic rings. The maximum Gasteiger partial charge on any atom is 0.426 e. The first-order chi connectivity index (χ1) is 19.2. The predicted molar refractivity (Wildman–Crippen MR) is 149 cm³/mol. The fourth-order valence-electron chi connectivity index (χ4n) is 5.45. The lowest BCUT2D eigenvalue weighted by Gasteiger charge is -2.55. The third-order valence-corrected chi connectivity index (χ3v) is 7.67. The zero-order valence-electron chi connectivity index (χ0n) is 22.9. The number of ether oxygens (including phenoxy) is 1. The number of phenols is 1. The Balaban J connectivity index is 1.48. The van der Waals surface area contributed by atoms with Gasteiger partial charge in [0.15, 0.2) is 0 Å². The minimum atomic E-state index is -0.832. The quantitative estimate of drug-likeness (QED) is 0.508. The number of fused-ring (bicyclic) bond motifs is 1. The van der Waals surface area contributed by atoms with Crippen LogP contribution in [0.3, 0.4) is 0 Å². The summed E-state index contributed by atoms with van der Waals surface area (Å²) in [6.45, 7) is 4.13. The summed E-state index contributed by atoms with van der Waals surface area (Å²) in [6, 6.07) is 22.9. The molecule has 208 valence electrons. The minimum absolute atomic E-state index is 0.0657. The summed E-state index contributed by atoms with van der Waals surface area (Å²) in [5, 5.41) is 12.8. The largest absolute Gasteiger partial charge is 0.508 e. The standard InChI is InChI=1S/C31H34N4O5/c1-21-9-13-25(14-10-21)22(2)33-18-28-34(27(30(33)38)17-23-11-15-26(36)16-12-23)29(37)19-32(3)35(28)31(39)40-20-24-7-5-4-6-8-24/h4-16,22,27-28,36H,17-20H2,1-3H3/t22-,27+,28+/m1/s1. The van der Waals surface area contributed by atoms with E-state index in [0.29, 0.717) is 0 Å². The number of piperazine rings is 1. The molecule has 0 aromatic heterocycles. The fraction of sp³-hybridized carbons (Fsp3) is 0.323. The number of nitrogens with zero attached hydrogens (tertiary/aromatic N) is 4. The maximum atomic E-state index is 14.1. The first-order valence-corrected chi connectivity index (χ1v) is 13.4. The summed E-state index contributed by atoms with van der Waals surface area (Å²) >= 11 is 0. The van der Waals surface area contributed by atoms with E-state index in [4.69, 9.17) is 4.74 Å². The van der Waals surface area contributed by atoms with E-state index in [9.17, 15) is 19.5 Å². The van der Waals surface area contributed by atoms with E-state index in [1.54, 1.807) is 41.2 Å². The molecule has 5 rings (SSSR count). The number of hydrogen-bond donors (Lipinski definition) is 1. The van der Waals surface area contributed by atoms with Crippen molar-refractivity contribution in [1.82, 2.24) is 19.8 Å². The van der Waals surface area contributed by atoms with Crippen LogP contribution in [0.25, 0.3) is 0 Å². The first kappa shape index (κ1) is 27.2. The molecule has 0 radical (unpaired) electrons. The van der Waals surface area contributed by atoms with E-state index in [1.807, 2.05) is 68.4 Å². The number of hydrogen-bond acceptors (Lipinski definition) is 6. The van der Waals surface area contributed by atoms with Crippen LogP contribution >= 0.6 is 0 Å². The lowest BCUT2D eigenvalue weighted by Crippen LogP contribution is -2.75. The summed E-state index contributed by atoms with van der Waals surface area (Å²) in [6.07, 6.45) is -1.09. The van der Waals surface area contributed by atoms with Gasteiger partial charge >= 0.3 is 6.09 Å². The Morgan fingerprint density at radius 2 is 1.65 bits per heavy atom. The Hall–Kier alpha value is -4.37. The normalized spacial score (nSPS) is 20.3. The van der Waals surface area contributed by atoms with Crippen molar-refractivity contribution in [1.29, 1.82) is 0 Å². The van der Waals surface area contributed by atoms with Crippen molar-refractivity contribution in [2.24, 2.45) is 0 Å². The monoisotopic (exact) mass is 542 g/mol. The molecule has 3 aromatic carbocycles. The Labute approximate surface area is 234 Å². The zero-order valence-corrected chi connectivity index (χ0v) is 22.9. The Morgan fingerprint density at radius 3 is 2.33 bits per heavy atom. The smallest absolute Gasteiger partial charge is 0.426 e. The van der Waals surface area contributed by atoms with Gasteiger partial charge in [-0.15, -0.1) is 0 Å². The molecule has 2 saturated heterocycles. The molecule has 3 atom stereocenters. The van der Waals surface area contributed by atoms with Crippen LogP contribution in [0.5, 0.6) is 5.75 Å². The van der Waals surface area contributed by atoms with Crippen molar-refractivity contribution < 1.29 is 24.2 Å². The van der Waals surface area contributed by atoms with E-state index >= 15 is 0 Å². The molecule has 0 unspecified atom stereocenters. The van der Waals surface area contributed by atoms with Gasteiger partial charge in [0.05, 0.1) is 19.1 Å². The van der Waals surface area contributed by atoms with Gasteiger partial charge < -0.3 is 19.6 Å². The highest BCUT2D eigenvalue weighted by atomic mass is 16.6. The topological polar surface area (TPSA) is 93.6 Å². The van der Waals surface area contributed by atoms with Crippen LogP contribution in [0, 0.1) is 6.92 Å². The highest BCUT2D eigenvalue weighted by Crippen LogP contribution is 2.33. The number of phenolic OH excluding ortho intramolecular Hbond substituents is 1. The summed E-state index contributed by atoms with van der Waals surface area (Å²) in [4.78, 5) is 44.3. The Kier molecular flexibility index (Phi) is 7.75. The zero-order chi connectivity index (χ0) is 28.4. The van der Waals surface area contributed by atoms with Crippen molar-refractivity contribution >= 4 is 17.9 Å². The second-order valence-corrected chi connectivity index (χ2v) is 10.4. The van der Waals surface area contributed by atoms with Crippen LogP contribution < -0.4 is 0 Å². The van der Waals surface area contributed by atoms with Gasteiger partial charge in [-0.1, -0.05) is 72.3 Å². The van der Waals surface area contributed by atoms with Crippen molar-refractivity contribution in [3.05, 3.63) is 101 Å². The highest BCUT2D eigenvalue weighted by Gasteiger charge is 2.52. The number of carbonyl (C=O) groups excluding carboxylic acids is 3. The van der Waals surface area contributed by atoms with Crippen molar-refractivity contribution in [3.8, 4) is 5.75 Å². The van der Waals surface area contributed by atoms with Gasteiger partial charge in [0.2, 0.25) is 11.8 Å². The van der Waals surface area contributed by atoms with Gasteiger partial charge in [0, 0.05) is 13.5 Å². The second-order valence-electron chi connectivity index (χ2n) is 10.4. The number of aromatic hydroxyl groups is 1. The third kappa shape index (κ3) is 5.51. The predicted octanol–water partition coefficient (Wildman–Crippen LogP) is 3.87. The molecule has 2 fully saturated rings. The molecule has 2 heterocycles. The number of aryl methyl sites for hydroxylation is 1. The average Bonchev–Trinajstić information content (AvgIpc) is 2.95. The molecule has 40 heavy (non-hydrogen) atoms. The van der Waals surface area contributed by atoms with Crippen molar-refractivity contribution in [3.63, 3.8) is 0 Å². The van der Waals surface area contributed by atoms with Crippen molar-refractivity contribution in [2.45, 2.75) is 45.1 Å². The Bertz CT molecular complexity index is 1360.